The number of amidine groups is 1. The molecule has 2 amide bonds. The smallest absolute Gasteiger partial charge is 0.374 e. The highest BCUT2D eigenvalue weighted by Crippen LogP contribution is 2.30. The predicted octanol–water partition coefficient (Wildman–Crippen LogP) is 0.580. The van der Waals surface area contributed by atoms with Gasteiger partial charge in [-0.1, -0.05) is 48.5 Å². The van der Waals surface area contributed by atoms with E-state index < -0.39 is 40.4 Å². The van der Waals surface area contributed by atoms with Gasteiger partial charge in [-0.2, -0.15) is 0 Å². The number of hydrogen-bond acceptors (Lipinski definition) is 7. The number of rotatable bonds is 7. The summed E-state index contributed by atoms with van der Waals surface area (Å²) in [6.45, 7) is -0.279. The Morgan fingerprint density at radius 3 is 2.52 bits per heavy atom. The van der Waals surface area contributed by atoms with Crippen LogP contribution in [-0.4, -0.2) is 57.0 Å². The van der Waals surface area contributed by atoms with Crippen molar-refractivity contribution in [2.24, 2.45) is 4.99 Å². The van der Waals surface area contributed by atoms with Gasteiger partial charge in [-0.05, 0) is 28.9 Å². The summed E-state index contributed by atoms with van der Waals surface area (Å²) in [7, 11) is 0. The van der Waals surface area contributed by atoms with Gasteiger partial charge in [-0.25, -0.2) is 14.7 Å². The summed E-state index contributed by atoms with van der Waals surface area (Å²) in [5, 5.41) is 1.66. The fourth-order valence-electron chi connectivity index (χ4n) is 3.20. The molecule has 2 aromatic rings. The van der Waals surface area contributed by atoms with Crippen molar-refractivity contribution < 1.29 is 28.4 Å². The lowest BCUT2D eigenvalue weighted by atomic mass is 10.1. The minimum absolute atomic E-state index is 0.0193. The third-order valence-corrected chi connectivity index (χ3v) is 6.11. The van der Waals surface area contributed by atoms with Crippen molar-refractivity contribution in [1.29, 1.82) is 0 Å². The van der Waals surface area contributed by atoms with E-state index in [-0.39, 0.29) is 24.9 Å². The molecule has 10 heteroatoms. The molecule has 0 aliphatic carbocycles. The van der Waals surface area contributed by atoms with Gasteiger partial charge >= 0.3 is 5.97 Å². The number of carbonyl (C=O) groups is 3. The van der Waals surface area contributed by atoms with E-state index in [1.807, 2.05) is 24.3 Å². The van der Waals surface area contributed by atoms with Crippen LogP contribution >= 0.6 is 0 Å². The first-order valence-corrected chi connectivity index (χ1v) is 10.9. The van der Waals surface area contributed by atoms with Crippen LogP contribution in [0.15, 0.2) is 65.7 Å². The van der Waals surface area contributed by atoms with Crippen molar-refractivity contribution in [2.45, 2.75) is 18.0 Å². The number of amides is 2. The Bertz CT molecular complexity index is 1000. The molecule has 1 N–H and O–H groups in total. The molecule has 160 valence electrons. The van der Waals surface area contributed by atoms with E-state index >= 15 is 0 Å². The summed E-state index contributed by atoms with van der Waals surface area (Å²) in [6, 6.07) is 16.8. The van der Waals surface area contributed by atoms with E-state index in [0.29, 0.717) is 5.75 Å². The lowest BCUT2D eigenvalue weighted by Crippen LogP contribution is -2.76. The van der Waals surface area contributed by atoms with Crippen molar-refractivity contribution in [1.82, 2.24) is 10.2 Å². The minimum atomic E-state index is -1.56. The van der Waals surface area contributed by atoms with Crippen molar-refractivity contribution in [3.63, 3.8) is 0 Å². The number of fused-ring (bicyclic) bond motifs is 1. The number of benzene rings is 2. The van der Waals surface area contributed by atoms with E-state index in [2.05, 4.69) is 10.3 Å². The fraction of sp³-hybridized carbons (Fsp3) is 0.238. The quantitative estimate of drug-likeness (QED) is 0.381. The monoisotopic (exact) mass is 441 g/mol. The van der Waals surface area contributed by atoms with Crippen LogP contribution in [0.5, 0.6) is 5.75 Å². The minimum Gasteiger partial charge on any atom is -0.613 e. The van der Waals surface area contributed by atoms with Crippen LogP contribution in [-0.2, 0) is 36.9 Å². The number of aliphatic imine (C=N–C) groups is 1. The number of hydrogen-bond donors (Lipinski definition) is 1. The average Bonchev–Trinajstić information content (AvgIpc) is 2.80. The van der Waals surface area contributed by atoms with E-state index in [0.717, 1.165) is 10.5 Å². The summed E-state index contributed by atoms with van der Waals surface area (Å²) < 4.78 is 23.0. The van der Waals surface area contributed by atoms with Crippen LogP contribution < -0.4 is 10.1 Å². The summed E-state index contributed by atoms with van der Waals surface area (Å²) >= 11 is -1.56. The molecule has 0 spiro atoms. The maximum atomic E-state index is 12.6. The van der Waals surface area contributed by atoms with E-state index in [9.17, 15) is 18.9 Å². The predicted molar refractivity (Wildman–Crippen MR) is 111 cm³/mol. The number of esters is 1. The van der Waals surface area contributed by atoms with Crippen molar-refractivity contribution >= 4 is 34.8 Å². The Hall–Kier alpha value is -3.37. The van der Waals surface area contributed by atoms with Crippen molar-refractivity contribution in [3.8, 4) is 5.75 Å². The summed E-state index contributed by atoms with van der Waals surface area (Å²) in [4.78, 5) is 42.2. The highest BCUT2D eigenvalue weighted by molar-refractivity contribution is 7.92. The number of β-lactam (4-membered cyclic amide) rings is 1. The van der Waals surface area contributed by atoms with Gasteiger partial charge < -0.3 is 19.3 Å². The molecular formula is C21H19N3O6S. The molecule has 0 bridgehead atoms. The van der Waals surface area contributed by atoms with Gasteiger partial charge in [-0.15, -0.1) is 0 Å². The van der Waals surface area contributed by atoms with Gasteiger partial charge in [0.15, 0.2) is 18.5 Å². The first-order valence-electron chi connectivity index (χ1n) is 9.47. The maximum absolute atomic E-state index is 12.6. The van der Waals surface area contributed by atoms with Crippen LogP contribution in [0.2, 0.25) is 0 Å². The first kappa shape index (κ1) is 20.9. The summed E-state index contributed by atoms with van der Waals surface area (Å²) in [5.41, 5.74) is 0.783. The number of para-hydroxylation sites is 1. The van der Waals surface area contributed by atoms with E-state index in [4.69, 9.17) is 9.47 Å². The SMILES string of the molecule is O=C(COc1ccccc1)NC1C(=O)N2C(C(=O)OCc3ccccc3)=NC[S+]([O-])C12. The molecule has 3 atom stereocenters. The number of carbonyl (C=O) groups excluding carboxylic acids is 3. The van der Waals surface area contributed by atoms with Gasteiger partial charge in [-0.3, -0.25) is 9.59 Å². The zero-order chi connectivity index (χ0) is 21.8. The molecular weight excluding hydrogens is 422 g/mol. The number of nitrogens with one attached hydrogen (secondary N) is 1. The molecule has 2 heterocycles. The molecule has 31 heavy (non-hydrogen) atoms. The Morgan fingerprint density at radius 1 is 1.13 bits per heavy atom. The normalized spacial score (nSPS) is 22.0. The maximum Gasteiger partial charge on any atom is 0.374 e. The van der Waals surface area contributed by atoms with Crippen LogP contribution in [0.3, 0.4) is 0 Å². The summed E-state index contributed by atoms with van der Waals surface area (Å²) in [5.74, 6) is -1.73. The molecule has 2 aromatic carbocycles. The lowest BCUT2D eigenvalue weighted by molar-refractivity contribution is -0.147. The fourth-order valence-corrected chi connectivity index (χ4v) is 4.53. The zero-order valence-corrected chi connectivity index (χ0v) is 17.1. The van der Waals surface area contributed by atoms with Gasteiger partial charge in [0.25, 0.3) is 11.8 Å². The van der Waals surface area contributed by atoms with E-state index in [1.54, 1.807) is 36.4 Å². The molecule has 0 saturated carbocycles. The second kappa shape index (κ2) is 9.19. The Labute approximate surface area is 181 Å². The molecule has 2 aliphatic rings. The van der Waals surface area contributed by atoms with Crippen molar-refractivity contribution in [3.05, 3.63) is 66.2 Å². The van der Waals surface area contributed by atoms with Gasteiger partial charge in [0.2, 0.25) is 11.2 Å². The first-order chi connectivity index (χ1) is 15.0. The second-order valence-electron chi connectivity index (χ2n) is 6.80. The third-order valence-electron chi connectivity index (χ3n) is 4.71. The molecule has 0 radical (unpaired) electrons. The summed E-state index contributed by atoms with van der Waals surface area (Å²) in [6.07, 6.45) is 0. The van der Waals surface area contributed by atoms with Crippen LogP contribution in [0.1, 0.15) is 5.56 Å². The number of nitrogens with zero attached hydrogens (tertiary/aromatic N) is 2. The molecule has 3 unspecified atom stereocenters. The largest absolute Gasteiger partial charge is 0.613 e. The van der Waals surface area contributed by atoms with Crippen LogP contribution in [0.4, 0.5) is 0 Å². The Balaban J connectivity index is 1.34. The second-order valence-corrected chi connectivity index (χ2v) is 8.30. The average molecular weight is 441 g/mol. The molecule has 4 rings (SSSR count). The topological polar surface area (TPSA) is 120 Å². The molecule has 1 fully saturated rings. The van der Waals surface area contributed by atoms with Gasteiger partial charge in [0.1, 0.15) is 12.4 Å². The van der Waals surface area contributed by atoms with Gasteiger partial charge in [0, 0.05) is 0 Å². The molecule has 2 aliphatic heterocycles. The van der Waals surface area contributed by atoms with Crippen LogP contribution in [0, 0.1) is 0 Å². The Morgan fingerprint density at radius 2 is 1.81 bits per heavy atom. The third kappa shape index (κ3) is 4.54. The molecule has 0 aromatic heterocycles. The highest BCUT2D eigenvalue weighted by atomic mass is 32.2. The van der Waals surface area contributed by atoms with Crippen LogP contribution in [0.25, 0.3) is 0 Å². The standard InChI is InChI=1S/C21H19N3O6S/c25-16(12-29-15-9-5-2-6-10-15)23-17-19(26)24-18(22-13-31(28)20(17)24)21(27)30-11-14-7-3-1-4-8-14/h1-10,17,20H,11-13H2,(H,23,25). The van der Waals surface area contributed by atoms with E-state index in [1.165, 1.54) is 0 Å². The highest BCUT2D eigenvalue weighted by Gasteiger charge is 2.60. The molecule has 1 saturated heterocycles. The Kier molecular flexibility index (Phi) is 6.19. The lowest BCUT2D eigenvalue weighted by Gasteiger charge is -2.46. The van der Waals surface area contributed by atoms with Crippen molar-refractivity contribution in [2.75, 3.05) is 12.5 Å². The molecule has 9 nitrogen and oxygen atoms in total. The zero-order valence-electron chi connectivity index (χ0n) is 16.3. The number of ether oxygens (including phenoxy) is 2. The van der Waals surface area contributed by atoms with Gasteiger partial charge in [0.05, 0.1) is 0 Å².